The van der Waals surface area contributed by atoms with Crippen molar-refractivity contribution < 1.29 is 14.6 Å². The number of carbonyl (C=O) groups is 1. The number of para-hydroxylation sites is 1. The van der Waals surface area contributed by atoms with Crippen LogP contribution in [0.2, 0.25) is 0 Å². The summed E-state index contributed by atoms with van der Waals surface area (Å²) >= 11 is 0. The van der Waals surface area contributed by atoms with Crippen LogP contribution in [0, 0.1) is 0 Å². The van der Waals surface area contributed by atoms with Gasteiger partial charge in [0.05, 0.1) is 18.8 Å². The number of rotatable bonds is 4. The minimum Gasteiger partial charge on any atom is -0.496 e. The number of hydrogen-bond acceptors (Lipinski definition) is 4. The second-order valence-corrected chi connectivity index (χ2v) is 6.40. The summed E-state index contributed by atoms with van der Waals surface area (Å²) in [5, 5.41) is 9.72. The average Bonchev–Trinajstić information content (AvgIpc) is 2.87. The van der Waals surface area contributed by atoms with Gasteiger partial charge >= 0.3 is 0 Å². The monoisotopic (exact) mass is 340 g/mol. The molecule has 0 bridgehead atoms. The molecule has 5 nitrogen and oxygen atoms in total. The summed E-state index contributed by atoms with van der Waals surface area (Å²) in [6.07, 6.45) is 4.26. The maximum atomic E-state index is 12.6. The largest absolute Gasteiger partial charge is 0.496 e. The molecular weight excluding hydrogens is 316 g/mol. The number of hydrogen-bond donors (Lipinski definition) is 1. The lowest BCUT2D eigenvalue weighted by molar-refractivity contribution is 0.0752. The molecule has 1 atom stereocenters. The van der Waals surface area contributed by atoms with Gasteiger partial charge in [0, 0.05) is 37.0 Å². The Morgan fingerprint density at radius 3 is 2.84 bits per heavy atom. The molecule has 3 rings (SSSR count). The maximum Gasteiger partial charge on any atom is 0.255 e. The van der Waals surface area contributed by atoms with Gasteiger partial charge in [0.1, 0.15) is 5.75 Å². The third kappa shape index (κ3) is 4.37. The van der Waals surface area contributed by atoms with Crippen LogP contribution in [0.3, 0.4) is 0 Å². The van der Waals surface area contributed by atoms with Crippen molar-refractivity contribution in [1.82, 2.24) is 9.88 Å². The van der Waals surface area contributed by atoms with Crippen molar-refractivity contribution in [2.45, 2.75) is 31.8 Å². The molecule has 2 aromatic rings. The molecule has 0 spiro atoms. The van der Waals surface area contributed by atoms with E-state index in [0.717, 1.165) is 29.8 Å². The summed E-state index contributed by atoms with van der Waals surface area (Å²) < 4.78 is 5.37. The number of aliphatic hydroxyl groups is 1. The number of ether oxygens (including phenoxy) is 1. The highest BCUT2D eigenvalue weighted by Gasteiger charge is 2.20. The van der Waals surface area contributed by atoms with Crippen LogP contribution in [0.15, 0.2) is 42.6 Å². The van der Waals surface area contributed by atoms with Gasteiger partial charge in [-0.15, -0.1) is 0 Å². The Hall–Kier alpha value is -2.40. The maximum absolute atomic E-state index is 12.6. The van der Waals surface area contributed by atoms with Gasteiger partial charge in [-0.3, -0.25) is 9.78 Å². The Morgan fingerprint density at radius 2 is 2.08 bits per heavy atom. The molecular formula is C20H24N2O3. The third-order valence-electron chi connectivity index (χ3n) is 4.62. The van der Waals surface area contributed by atoms with E-state index in [1.54, 1.807) is 13.3 Å². The Morgan fingerprint density at radius 1 is 1.24 bits per heavy atom. The first-order valence-electron chi connectivity index (χ1n) is 8.71. The van der Waals surface area contributed by atoms with E-state index < -0.39 is 0 Å². The zero-order chi connectivity index (χ0) is 17.6. The number of aromatic nitrogens is 1. The molecule has 1 fully saturated rings. The predicted molar refractivity (Wildman–Crippen MR) is 95.8 cm³/mol. The van der Waals surface area contributed by atoms with Crippen LogP contribution in [0.4, 0.5) is 0 Å². The van der Waals surface area contributed by atoms with Gasteiger partial charge in [0.2, 0.25) is 0 Å². The topological polar surface area (TPSA) is 62.7 Å². The van der Waals surface area contributed by atoms with Gasteiger partial charge in [-0.05, 0) is 37.5 Å². The molecule has 2 heterocycles. The number of nitrogens with zero attached hydrogens (tertiary/aromatic N) is 2. The fraction of sp³-hybridized carbons (Fsp3) is 0.400. The highest BCUT2D eigenvalue weighted by molar-refractivity contribution is 5.93. The fourth-order valence-corrected chi connectivity index (χ4v) is 3.16. The first-order chi connectivity index (χ1) is 12.2. The van der Waals surface area contributed by atoms with E-state index in [1.807, 2.05) is 41.3 Å². The highest BCUT2D eigenvalue weighted by atomic mass is 16.5. The molecule has 0 radical (unpaired) electrons. The summed E-state index contributed by atoms with van der Waals surface area (Å²) in [6.45, 7) is 1.29. The normalized spacial score (nSPS) is 17.8. The van der Waals surface area contributed by atoms with E-state index in [4.69, 9.17) is 4.74 Å². The smallest absolute Gasteiger partial charge is 0.255 e. The molecule has 0 aliphatic carbocycles. The van der Waals surface area contributed by atoms with Crippen LogP contribution in [0.1, 0.15) is 40.9 Å². The van der Waals surface area contributed by atoms with Crippen molar-refractivity contribution in [3.63, 3.8) is 0 Å². The van der Waals surface area contributed by atoms with Crippen molar-refractivity contribution in [3.8, 4) is 5.75 Å². The second kappa shape index (κ2) is 8.12. The number of carbonyl (C=O) groups excluding carboxylic acids is 1. The number of methoxy groups -OCH3 is 1. The molecule has 1 saturated heterocycles. The zero-order valence-corrected chi connectivity index (χ0v) is 14.5. The summed E-state index contributed by atoms with van der Waals surface area (Å²) in [5.74, 6) is 0.831. The Bertz CT molecular complexity index is 715. The highest BCUT2D eigenvalue weighted by Crippen LogP contribution is 2.20. The predicted octanol–water partition coefficient (Wildman–Crippen LogP) is 2.67. The van der Waals surface area contributed by atoms with E-state index >= 15 is 0 Å². The molecule has 1 aliphatic heterocycles. The third-order valence-corrected chi connectivity index (χ3v) is 4.62. The first-order valence-corrected chi connectivity index (χ1v) is 8.71. The van der Waals surface area contributed by atoms with Crippen molar-refractivity contribution in [3.05, 3.63) is 59.4 Å². The number of benzene rings is 1. The van der Waals surface area contributed by atoms with Gasteiger partial charge in [0.25, 0.3) is 5.91 Å². The van der Waals surface area contributed by atoms with Gasteiger partial charge < -0.3 is 14.7 Å². The number of pyridine rings is 1. The van der Waals surface area contributed by atoms with Crippen LogP contribution in [-0.4, -0.2) is 47.2 Å². The van der Waals surface area contributed by atoms with Crippen LogP contribution < -0.4 is 4.74 Å². The molecule has 1 N–H and O–H groups in total. The first kappa shape index (κ1) is 17.4. The molecule has 25 heavy (non-hydrogen) atoms. The Balaban J connectivity index is 1.68. The van der Waals surface area contributed by atoms with E-state index in [9.17, 15) is 9.90 Å². The van der Waals surface area contributed by atoms with Gasteiger partial charge in [0.15, 0.2) is 0 Å². The lowest BCUT2D eigenvalue weighted by atomic mass is 10.1. The SMILES string of the molecule is COc1ccccc1Cc1ccc(C(=O)N2CCC[C@@H](O)CC2)cn1. The minimum absolute atomic E-state index is 0.00885. The quantitative estimate of drug-likeness (QED) is 0.929. The van der Waals surface area contributed by atoms with E-state index in [-0.39, 0.29) is 12.0 Å². The number of likely N-dealkylation sites (tertiary alicyclic amines) is 1. The molecule has 5 heteroatoms. The summed E-state index contributed by atoms with van der Waals surface area (Å²) in [6, 6.07) is 11.6. The summed E-state index contributed by atoms with van der Waals surface area (Å²) in [5.41, 5.74) is 2.56. The van der Waals surface area contributed by atoms with Gasteiger partial charge in [-0.2, -0.15) is 0 Å². The molecule has 132 valence electrons. The number of amides is 1. The lowest BCUT2D eigenvalue weighted by Crippen LogP contribution is -2.32. The van der Waals surface area contributed by atoms with Crippen LogP contribution in [0.25, 0.3) is 0 Å². The van der Waals surface area contributed by atoms with Crippen molar-refractivity contribution >= 4 is 5.91 Å². The zero-order valence-electron chi connectivity index (χ0n) is 14.5. The lowest BCUT2D eigenvalue weighted by Gasteiger charge is -2.20. The van der Waals surface area contributed by atoms with Crippen LogP contribution in [0.5, 0.6) is 5.75 Å². The molecule has 1 aromatic heterocycles. The van der Waals surface area contributed by atoms with Gasteiger partial charge in [-0.25, -0.2) is 0 Å². The van der Waals surface area contributed by atoms with Crippen LogP contribution in [-0.2, 0) is 6.42 Å². The van der Waals surface area contributed by atoms with E-state index in [2.05, 4.69) is 4.98 Å². The standard InChI is InChI=1S/C20H24N2O3/c1-25-19-7-3-2-5-15(19)13-17-9-8-16(14-21-17)20(24)22-11-4-6-18(23)10-12-22/h2-3,5,7-9,14,18,23H,4,6,10-13H2,1H3/t18-/m1/s1. The second-order valence-electron chi connectivity index (χ2n) is 6.40. The van der Waals surface area contributed by atoms with E-state index in [1.165, 1.54) is 0 Å². The Labute approximate surface area is 148 Å². The molecule has 1 amide bonds. The van der Waals surface area contributed by atoms with Crippen molar-refractivity contribution in [1.29, 1.82) is 0 Å². The summed E-state index contributed by atoms with van der Waals surface area (Å²) in [4.78, 5) is 18.9. The molecule has 0 unspecified atom stereocenters. The van der Waals surface area contributed by atoms with Crippen molar-refractivity contribution in [2.75, 3.05) is 20.2 Å². The summed E-state index contributed by atoms with van der Waals surface area (Å²) in [7, 11) is 1.66. The van der Waals surface area contributed by atoms with E-state index in [0.29, 0.717) is 31.5 Å². The molecule has 1 aromatic carbocycles. The number of aliphatic hydroxyl groups excluding tert-OH is 1. The molecule has 0 saturated carbocycles. The minimum atomic E-state index is -0.292. The Kier molecular flexibility index (Phi) is 5.66. The molecule has 1 aliphatic rings. The average molecular weight is 340 g/mol. The fourth-order valence-electron chi connectivity index (χ4n) is 3.16. The van der Waals surface area contributed by atoms with Crippen LogP contribution >= 0.6 is 0 Å². The van der Waals surface area contributed by atoms with Gasteiger partial charge in [-0.1, -0.05) is 18.2 Å². The van der Waals surface area contributed by atoms with Crippen molar-refractivity contribution in [2.24, 2.45) is 0 Å².